The van der Waals surface area contributed by atoms with Crippen molar-refractivity contribution in [1.29, 1.82) is 5.26 Å². The van der Waals surface area contributed by atoms with Gasteiger partial charge in [0.05, 0.1) is 17.7 Å². The van der Waals surface area contributed by atoms with Crippen LogP contribution < -0.4 is 0 Å². The number of nitrogens with zero attached hydrogens (tertiary/aromatic N) is 5. The molecule has 0 aliphatic carbocycles. The third kappa shape index (κ3) is 3.75. The number of likely N-dealkylation sites (tertiary alicyclic amines) is 1. The lowest BCUT2D eigenvalue weighted by Crippen LogP contribution is -2.17. The SMILES string of the molecule is CN1CCCC1c1nc(-c2ccc(C#Cc3cc(F)cc(C#N)c3)cn2)no1. The molecular weight excluding hydrogens is 357 g/mol. The Kier molecular flexibility index (Phi) is 4.84. The summed E-state index contributed by atoms with van der Waals surface area (Å²) in [5.74, 6) is 6.33. The first kappa shape index (κ1) is 17.8. The van der Waals surface area contributed by atoms with E-state index >= 15 is 0 Å². The number of nitriles is 1. The lowest BCUT2D eigenvalue weighted by molar-refractivity contribution is 0.245. The second-order valence-electron chi connectivity index (χ2n) is 6.62. The summed E-state index contributed by atoms with van der Waals surface area (Å²) < 4.78 is 18.9. The number of hydrogen-bond donors (Lipinski definition) is 0. The molecule has 7 heteroatoms. The fourth-order valence-corrected chi connectivity index (χ4v) is 3.17. The number of pyridine rings is 1. The molecule has 0 radical (unpaired) electrons. The zero-order chi connectivity index (χ0) is 19.5. The van der Waals surface area contributed by atoms with Crippen LogP contribution in [-0.4, -0.2) is 33.6 Å². The largest absolute Gasteiger partial charge is 0.337 e. The molecule has 1 aliphatic rings. The first-order valence-electron chi connectivity index (χ1n) is 8.85. The quantitative estimate of drug-likeness (QED) is 0.641. The molecule has 6 nitrogen and oxygen atoms in total. The van der Waals surface area contributed by atoms with Crippen LogP contribution in [0.3, 0.4) is 0 Å². The van der Waals surface area contributed by atoms with Gasteiger partial charge in [-0.3, -0.25) is 9.88 Å². The van der Waals surface area contributed by atoms with Crippen molar-refractivity contribution in [2.45, 2.75) is 18.9 Å². The summed E-state index contributed by atoms with van der Waals surface area (Å²) >= 11 is 0. The molecule has 1 saturated heterocycles. The molecule has 1 aromatic carbocycles. The van der Waals surface area contributed by atoms with E-state index in [0.717, 1.165) is 19.4 Å². The Bertz CT molecular complexity index is 1100. The molecule has 1 unspecified atom stereocenters. The molecule has 2 aromatic heterocycles. The fourth-order valence-electron chi connectivity index (χ4n) is 3.17. The van der Waals surface area contributed by atoms with Gasteiger partial charge < -0.3 is 4.52 Å². The molecule has 3 heterocycles. The van der Waals surface area contributed by atoms with Crippen LogP contribution in [0.5, 0.6) is 0 Å². The van der Waals surface area contributed by atoms with Crippen molar-refractivity contribution >= 4 is 0 Å². The fraction of sp³-hybridized carbons (Fsp3) is 0.238. The normalized spacial score (nSPS) is 16.4. The van der Waals surface area contributed by atoms with Gasteiger partial charge in [-0.15, -0.1) is 0 Å². The van der Waals surface area contributed by atoms with E-state index in [1.54, 1.807) is 24.4 Å². The van der Waals surface area contributed by atoms with Gasteiger partial charge in [0.25, 0.3) is 0 Å². The van der Waals surface area contributed by atoms with Crippen LogP contribution in [0.15, 0.2) is 41.1 Å². The molecule has 28 heavy (non-hydrogen) atoms. The molecular formula is C21H16FN5O. The third-order valence-electron chi connectivity index (χ3n) is 4.62. The maximum Gasteiger partial charge on any atom is 0.244 e. The summed E-state index contributed by atoms with van der Waals surface area (Å²) in [6.45, 7) is 1.02. The van der Waals surface area contributed by atoms with E-state index in [1.807, 2.05) is 13.1 Å². The van der Waals surface area contributed by atoms with Gasteiger partial charge in [-0.2, -0.15) is 10.2 Å². The topological polar surface area (TPSA) is 78.8 Å². The standard InChI is InChI=1S/C21H16FN5O/c1-27-8-2-3-19(27)21-25-20(26-28-21)18-7-6-14(13-24-18)4-5-15-9-16(12-23)11-17(22)10-15/h6-7,9-11,13,19H,2-3,8H2,1H3. The smallest absolute Gasteiger partial charge is 0.244 e. The average molecular weight is 373 g/mol. The summed E-state index contributed by atoms with van der Waals surface area (Å²) in [6.07, 6.45) is 3.73. The van der Waals surface area contributed by atoms with Crippen LogP contribution >= 0.6 is 0 Å². The average Bonchev–Trinajstić information content (AvgIpc) is 3.35. The molecule has 3 aromatic rings. The molecule has 0 spiro atoms. The first-order chi connectivity index (χ1) is 13.6. The molecule has 0 amide bonds. The van der Waals surface area contributed by atoms with Gasteiger partial charge in [0.15, 0.2) is 0 Å². The minimum absolute atomic E-state index is 0.163. The Hall–Kier alpha value is -3.55. The molecule has 1 fully saturated rings. The maximum absolute atomic E-state index is 13.5. The van der Waals surface area contributed by atoms with E-state index in [2.05, 4.69) is 31.9 Å². The Morgan fingerprint density at radius 2 is 2.00 bits per heavy atom. The Morgan fingerprint density at radius 1 is 1.18 bits per heavy atom. The highest BCUT2D eigenvalue weighted by molar-refractivity contribution is 5.51. The lowest BCUT2D eigenvalue weighted by Gasteiger charge is -2.14. The highest BCUT2D eigenvalue weighted by Gasteiger charge is 2.28. The van der Waals surface area contributed by atoms with E-state index in [0.29, 0.717) is 28.5 Å². The van der Waals surface area contributed by atoms with Crippen LogP contribution in [0.4, 0.5) is 4.39 Å². The molecule has 0 saturated carbocycles. The second-order valence-corrected chi connectivity index (χ2v) is 6.62. The van der Waals surface area contributed by atoms with Gasteiger partial charge in [0.1, 0.15) is 11.5 Å². The minimum atomic E-state index is -0.488. The van der Waals surface area contributed by atoms with E-state index in [4.69, 9.17) is 9.78 Å². The van der Waals surface area contributed by atoms with Gasteiger partial charge >= 0.3 is 0 Å². The third-order valence-corrected chi connectivity index (χ3v) is 4.62. The number of benzene rings is 1. The number of rotatable bonds is 2. The molecule has 0 bridgehead atoms. The van der Waals surface area contributed by atoms with E-state index < -0.39 is 5.82 Å². The van der Waals surface area contributed by atoms with Crippen molar-refractivity contribution in [1.82, 2.24) is 20.0 Å². The Balaban J connectivity index is 1.52. The molecule has 4 rings (SSSR count). The van der Waals surface area contributed by atoms with Gasteiger partial charge in [-0.1, -0.05) is 17.0 Å². The van der Waals surface area contributed by atoms with Crippen LogP contribution in [0, 0.1) is 29.0 Å². The predicted octanol–water partition coefficient (Wildman–Crippen LogP) is 3.31. The summed E-state index contributed by atoms with van der Waals surface area (Å²) in [5.41, 5.74) is 1.92. The van der Waals surface area contributed by atoms with Gasteiger partial charge in [-0.05, 0) is 56.8 Å². The van der Waals surface area contributed by atoms with E-state index in [-0.39, 0.29) is 11.6 Å². The van der Waals surface area contributed by atoms with Gasteiger partial charge in [0.2, 0.25) is 11.7 Å². The second kappa shape index (κ2) is 7.59. The number of halogens is 1. The van der Waals surface area contributed by atoms with E-state index in [1.165, 1.54) is 12.1 Å². The van der Waals surface area contributed by atoms with Crippen molar-refractivity contribution in [2.24, 2.45) is 0 Å². The summed E-state index contributed by atoms with van der Waals surface area (Å²) in [7, 11) is 2.05. The predicted molar refractivity (Wildman–Crippen MR) is 99.2 cm³/mol. The van der Waals surface area contributed by atoms with Gasteiger partial charge in [-0.25, -0.2) is 4.39 Å². The van der Waals surface area contributed by atoms with Crippen molar-refractivity contribution in [2.75, 3.05) is 13.6 Å². The number of aromatic nitrogens is 3. The zero-order valence-electron chi connectivity index (χ0n) is 15.2. The van der Waals surface area contributed by atoms with Crippen molar-refractivity contribution in [3.63, 3.8) is 0 Å². The highest BCUT2D eigenvalue weighted by atomic mass is 19.1. The maximum atomic E-state index is 13.5. The first-order valence-corrected chi connectivity index (χ1v) is 8.85. The lowest BCUT2D eigenvalue weighted by atomic mass is 10.1. The molecule has 1 atom stereocenters. The Morgan fingerprint density at radius 3 is 2.71 bits per heavy atom. The summed E-state index contributed by atoms with van der Waals surface area (Å²) in [5, 5.41) is 12.9. The van der Waals surface area contributed by atoms with Crippen LogP contribution in [0.2, 0.25) is 0 Å². The van der Waals surface area contributed by atoms with Crippen LogP contribution in [-0.2, 0) is 0 Å². The molecule has 138 valence electrons. The number of hydrogen-bond acceptors (Lipinski definition) is 6. The summed E-state index contributed by atoms with van der Waals surface area (Å²) in [4.78, 5) is 11.0. The van der Waals surface area contributed by atoms with Crippen LogP contribution in [0.25, 0.3) is 11.5 Å². The minimum Gasteiger partial charge on any atom is -0.337 e. The Labute approximate surface area is 161 Å². The molecule has 0 N–H and O–H groups in total. The molecule has 1 aliphatic heterocycles. The van der Waals surface area contributed by atoms with Crippen molar-refractivity contribution in [3.8, 4) is 29.4 Å². The van der Waals surface area contributed by atoms with E-state index in [9.17, 15) is 4.39 Å². The summed E-state index contributed by atoms with van der Waals surface area (Å²) in [6, 6.07) is 9.63. The zero-order valence-corrected chi connectivity index (χ0v) is 15.2. The monoisotopic (exact) mass is 373 g/mol. The highest BCUT2D eigenvalue weighted by Crippen LogP contribution is 2.30. The van der Waals surface area contributed by atoms with Crippen molar-refractivity contribution < 1.29 is 8.91 Å². The van der Waals surface area contributed by atoms with Crippen LogP contribution in [0.1, 0.15) is 41.5 Å². The van der Waals surface area contributed by atoms with Gasteiger partial charge in [0, 0.05) is 17.3 Å². The van der Waals surface area contributed by atoms with Crippen molar-refractivity contribution in [3.05, 3.63) is 64.9 Å².